The number of aliphatic hydroxyl groups is 6. The Morgan fingerprint density at radius 2 is 1.55 bits per heavy atom. The molecule has 2 aliphatic rings. The van der Waals surface area contributed by atoms with E-state index in [0.717, 1.165) is 16.7 Å². The Hall–Kier alpha value is -3.67. The van der Waals surface area contributed by atoms with Gasteiger partial charge < -0.3 is 50.3 Å². The number of rotatable bonds is 15. The molecule has 3 aromatic rings. The van der Waals surface area contributed by atoms with Crippen LogP contribution in [-0.2, 0) is 40.1 Å². The first-order valence-electron chi connectivity index (χ1n) is 17.5. The van der Waals surface area contributed by atoms with E-state index in [9.17, 15) is 35.1 Å². The molecule has 15 nitrogen and oxygen atoms in total. The quantitative estimate of drug-likeness (QED) is 0.101. The summed E-state index contributed by atoms with van der Waals surface area (Å²) in [7, 11) is 0. The van der Waals surface area contributed by atoms with Gasteiger partial charge in [0.05, 0.1) is 37.3 Å². The van der Waals surface area contributed by atoms with Gasteiger partial charge >= 0.3 is 0 Å². The van der Waals surface area contributed by atoms with Crippen LogP contribution in [0.15, 0.2) is 42.5 Å². The minimum absolute atomic E-state index is 0.0883. The molecule has 15 heteroatoms. The van der Waals surface area contributed by atoms with E-state index in [1.54, 1.807) is 23.4 Å². The van der Waals surface area contributed by atoms with Crippen molar-refractivity contribution in [2.45, 2.75) is 82.3 Å². The predicted octanol–water partition coefficient (Wildman–Crippen LogP) is -1.04. The van der Waals surface area contributed by atoms with Crippen LogP contribution in [0, 0.1) is 0 Å². The number of hydrogen-bond donors (Lipinski definition) is 7. The number of nitrogens with one attached hydrogen (secondary N) is 1. The number of aromatic nitrogens is 2. The maximum absolute atomic E-state index is 13.1. The molecule has 0 bridgehead atoms. The van der Waals surface area contributed by atoms with Crippen LogP contribution in [0.1, 0.15) is 37.0 Å². The number of ether oxygens (including phenoxy) is 2. The van der Waals surface area contributed by atoms with Crippen molar-refractivity contribution < 1.29 is 49.7 Å². The maximum atomic E-state index is 13.1. The van der Waals surface area contributed by atoms with Gasteiger partial charge in [-0.2, -0.15) is 0 Å². The van der Waals surface area contributed by atoms with E-state index in [2.05, 4.69) is 15.3 Å². The first-order chi connectivity index (χ1) is 24.4. The normalized spacial score (nSPS) is 23.1. The minimum atomic E-state index is -1.60. The third-order valence-corrected chi connectivity index (χ3v) is 9.63. The summed E-state index contributed by atoms with van der Waals surface area (Å²) >= 11 is 0. The van der Waals surface area contributed by atoms with Gasteiger partial charge in [-0.05, 0) is 55.9 Å². The molecule has 7 N–H and O–H groups in total. The Labute approximate surface area is 297 Å². The number of β-amino-alcohol motifs (C(OH)–C–C–N with tert-alkyl or cyclic N) is 1. The van der Waals surface area contributed by atoms with Crippen LogP contribution in [0.5, 0.6) is 5.88 Å². The number of benzene rings is 2. The van der Waals surface area contributed by atoms with Gasteiger partial charge in [-0.1, -0.05) is 36.4 Å². The summed E-state index contributed by atoms with van der Waals surface area (Å²) < 4.78 is 13.1. The lowest BCUT2D eigenvalue weighted by atomic mass is 9.99. The first kappa shape index (κ1) is 38.6. The summed E-state index contributed by atoms with van der Waals surface area (Å²) in [5, 5.41) is 67.4. The second-order valence-electron chi connectivity index (χ2n) is 13.7. The van der Waals surface area contributed by atoms with E-state index < -0.39 is 42.9 Å². The van der Waals surface area contributed by atoms with E-state index >= 15 is 0 Å². The molecule has 1 aromatic heterocycles. The van der Waals surface area contributed by atoms with Crippen molar-refractivity contribution in [1.29, 1.82) is 0 Å². The summed E-state index contributed by atoms with van der Waals surface area (Å²) in [5.41, 5.74) is 2.60. The van der Waals surface area contributed by atoms with E-state index in [1.165, 1.54) is 0 Å². The van der Waals surface area contributed by atoms with Crippen LogP contribution in [-0.4, -0.2) is 151 Å². The summed E-state index contributed by atoms with van der Waals surface area (Å²) in [4.78, 5) is 29.9. The molecule has 2 aromatic carbocycles. The van der Waals surface area contributed by atoms with Gasteiger partial charge in [0.1, 0.15) is 30.0 Å². The van der Waals surface area contributed by atoms with Crippen LogP contribution in [0.2, 0.25) is 0 Å². The molecule has 0 aliphatic carbocycles. The molecular weight excluding hydrogens is 662 g/mol. The van der Waals surface area contributed by atoms with Crippen molar-refractivity contribution in [3.63, 3.8) is 0 Å². The van der Waals surface area contributed by atoms with Crippen LogP contribution in [0.4, 0.5) is 0 Å². The molecule has 5 rings (SSSR count). The maximum Gasteiger partial charge on any atom is 0.247 e. The van der Waals surface area contributed by atoms with E-state index in [1.807, 2.05) is 42.5 Å². The molecule has 0 saturated carbocycles. The lowest BCUT2D eigenvalue weighted by Gasteiger charge is -2.39. The standard InChI is InChI=1S/C36H51N5O10/c1-36(2,35(49)40-16-14-39(15-17-40)18-20-42)37-28(45)13-11-24-8-6-23(7-9-24)10-12-25-4-3-5-26-29(25)33(38-41(26)19-21-43)51-34-32(48)31(47)30(46)27(22-44)50-34/h3-9,27,30-32,34,42-44,46-48H,10-22H2,1-2H3,(H,37,45)/t27-,30-,31+,32-,34+/m1/s1. The van der Waals surface area contributed by atoms with Crippen LogP contribution in [0.3, 0.4) is 0 Å². The van der Waals surface area contributed by atoms with Gasteiger partial charge in [-0.25, -0.2) is 0 Å². The molecule has 2 amide bonds. The number of carbonyl (C=O) groups excluding carboxylic acids is 2. The van der Waals surface area contributed by atoms with Crippen LogP contribution >= 0.6 is 0 Å². The molecule has 2 fully saturated rings. The van der Waals surface area contributed by atoms with Gasteiger partial charge in [-0.15, -0.1) is 5.10 Å². The predicted molar refractivity (Wildman–Crippen MR) is 186 cm³/mol. The molecule has 280 valence electrons. The lowest BCUT2D eigenvalue weighted by molar-refractivity contribution is -0.278. The van der Waals surface area contributed by atoms with Crippen LogP contribution in [0.25, 0.3) is 10.9 Å². The summed E-state index contributed by atoms with van der Waals surface area (Å²) in [6.07, 6.45) is -5.27. The summed E-state index contributed by atoms with van der Waals surface area (Å²) in [5.74, 6) is -0.196. The number of aliphatic hydroxyl groups excluding tert-OH is 6. The lowest BCUT2D eigenvalue weighted by Crippen LogP contribution is -2.60. The molecular formula is C36H51N5O10. The van der Waals surface area contributed by atoms with Crippen molar-refractivity contribution in [1.82, 2.24) is 24.9 Å². The van der Waals surface area contributed by atoms with Gasteiger partial charge in [0, 0.05) is 39.1 Å². The minimum Gasteiger partial charge on any atom is -0.443 e. The Bertz CT molecular complexity index is 1610. The molecule has 2 aliphatic heterocycles. The fourth-order valence-electron chi connectivity index (χ4n) is 6.68. The van der Waals surface area contributed by atoms with Crippen molar-refractivity contribution in [2.75, 3.05) is 52.5 Å². The van der Waals surface area contributed by atoms with Crippen LogP contribution < -0.4 is 10.1 Å². The van der Waals surface area contributed by atoms with Crippen molar-refractivity contribution in [3.8, 4) is 5.88 Å². The zero-order valence-corrected chi connectivity index (χ0v) is 29.2. The second-order valence-corrected chi connectivity index (χ2v) is 13.7. The highest BCUT2D eigenvalue weighted by Crippen LogP contribution is 2.33. The van der Waals surface area contributed by atoms with Gasteiger partial charge in [0.25, 0.3) is 0 Å². The Balaban J connectivity index is 1.18. The zero-order valence-electron chi connectivity index (χ0n) is 29.2. The number of nitrogens with zero attached hydrogens (tertiary/aromatic N) is 4. The second kappa shape index (κ2) is 17.2. The van der Waals surface area contributed by atoms with E-state index in [4.69, 9.17) is 14.6 Å². The zero-order chi connectivity index (χ0) is 36.7. The largest absolute Gasteiger partial charge is 0.443 e. The summed E-state index contributed by atoms with van der Waals surface area (Å²) in [6.45, 7) is 6.06. The Morgan fingerprint density at radius 3 is 2.20 bits per heavy atom. The molecule has 0 unspecified atom stereocenters. The molecule has 0 spiro atoms. The average Bonchev–Trinajstić information content (AvgIpc) is 3.47. The van der Waals surface area contributed by atoms with Crippen molar-refractivity contribution in [2.24, 2.45) is 0 Å². The number of piperazine rings is 1. The monoisotopic (exact) mass is 713 g/mol. The van der Waals surface area contributed by atoms with E-state index in [0.29, 0.717) is 62.9 Å². The van der Waals surface area contributed by atoms with Crippen molar-refractivity contribution >= 4 is 22.7 Å². The first-order valence-corrected chi connectivity index (χ1v) is 17.5. The highest BCUT2D eigenvalue weighted by Gasteiger charge is 2.45. The number of aryl methyl sites for hydroxylation is 3. The highest BCUT2D eigenvalue weighted by atomic mass is 16.7. The highest BCUT2D eigenvalue weighted by molar-refractivity contribution is 5.91. The fraction of sp³-hybridized carbons (Fsp3) is 0.583. The molecule has 3 heterocycles. The average molecular weight is 714 g/mol. The summed E-state index contributed by atoms with van der Waals surface area (Å²) in [6, 6.07) is 13.6. The van der Waals surface area contributed by atoms with Gasteiger partial charge in [0.15, 0.2) is 0 Å². The molecule has 2 saturated heterocycles. The Kier molecular flexibility index (Phi) is 13.0. The van der Waals surface area contributed by atoms with Gasteiger partial charge in [-0.3, -0.25) is 19.2 Å². The molecule has 51 heavy (non-hydrogen) atoms. The van der Waals surface area contributed by atoms with Crippen molar-refractivity contribution in [3.05, 3.63) is 59.2 Å². The topological polar surface area (TPSA) is 210 Å². The number of hydrogen-bond acceptors (Lipinski definition) is 12. The number of fused-ring (bicyclic) bond motifs is 1. The molecule has 5 atom stereocenters. The van der Waals surface area contributed by atoms with E-state index in [-0.39, 0.29) is 43.9 Å². The third kappa shape index (κ3) is 9.23. The fourth-order valence-corrected chi connectivity index (χ4v) is 6.68. The smallest absolute Gasteiger partial charge is 0.247 e. The number of carbonyl (C=O) groups is 2. The Morgan fingerprint density at radius 1 is 0.882 bits per heavy atom. The SMILES string of the molecule is CC(C)(NC(=O)CCc1ccc(CCc2cccc3c2c(O[C@@H]2O[C@H](CO)[C@@H](O)[C@H](O)[C@H]2O)nn3CCO)cc1)C(=O)N1CCN(CCO)CC1. The third-order valence-electron chi connectivity index (χ3n) is 9.63. The van der Waals surface area contributed by atoms with Gasteiger partial charge in [0.2, 0.25) is 24.0 Å². The number of amides is 2. The molecule has 0 radical (unpaired) electrons.